The summed E-state index contributed by atoms with van der Waals surface area (Å²) in [6, 6.07) is 0. The number of esters is 1. The molecule has 0 bridgehead atoms. The normalized spacial score (nSPS) is 21.3. The van der Waals surface area contributed by atoms with Crippen LogP contribution in [0.4, 0.5) is 0 Å². The van der Waals surface area contributed by atoms with Gasteiger partial charge < -0.3 is 4.74 Å². The molecule has 4 atom stereocenters. The van der Waals surface area contributed by atoms with E-state index in [2.05, 4.69) is 41.5 Å². The van der Waals surface area contributed by atoms with Gasteiger partial charge in [0, 0.05) is 0 Å². The van der Waals surface area contributed by atoms with E-state index < -0.39 is 0 Å². The van der Waals surface area contributed by atoms with Crippen molar-refractivity contribution in [3.05, 3.63) is 0 Å². The molecule has 0 saturated heterocycles. The van der Waals surface area contributed by atoms with Crippen LogP contribution in [-0.4, -0.2) is 12.1 Å². The molecule has 1 rings (SSSR count). The molecule has 1 aliphatic carbocycles. The summed E-state index contributed by atoms with van der Waals surface area (Å²) in [7, 11) is 0. The van der Waals surface area contributed by atoms with Crippen molar-refractivity contribution in [2.45, 2.75) is 105 Å². The van der Waals surface area contributed by atoms with Gasteiger partial charge in [-0.05, 0) is 56.3 Å². The van der Waals surface area contributed by atoms with Crippen molar-refractivity contribution < 1.29 is 9.53 Å². The number of hydrogen-bond acceptors (Lipinski definition) is 2. The summed E-state index contributed by atoms with van der Waals surface area (Å²) in [4.78, 5) is 12.4. The molecule has 1 aliphatic rings. The highest BCUT2D eigenvalue weighted by atomic mass is 16.5. The molecule has 0 N–H and O–H groups in total. The standard InChI is InChI=1S/C22H42O2/c1-16(2)12-13-17(3)18(4)14-15-19(5)24-22(23)20(6)21-10-8-7-9-11-21/h16-21H,7-15H2,1-6H3. The van der Waals surface area contributed by atoms with Crippen LogP contribution in [0, 0.1) is 29.6 Å². The van der Waals surface area contributed by atoms with Crippen molar-refractivity contribution in [2.75, 3.05) is 0 Å². The van der Waals surface area contributed by atoms with E-state index in [1.54, 1.807) is 0 Å². The Morgan fingerprint density at radius 3 is 1.92 bits per heavy atom. The lowest BCUT2D eigenvalue weighted by Gasteiger charge is -2.28. The molecule has 2 nitrogen and oxygen atoms in total. The largest absolute Gasteiger partial charge is 0.462 e. The van der Waals surface area contributed by atoms with E-state index in [0.717, 1.165) is 24.7 Å². The second-order valence-corrected chi connectivity index (χ2v) is 8.94. The van der Waals surface area contributed by atoms with Gasteiger partial charge in [0.2, 0.25) is 0 Å². The molecular weight excluding hydrogens is 296 g/mol. The minimum absolute atomic E-state index is 0.0370. The number of rotatable bonds is 10. The summed E-state index contributed by atoms with van der Waals surface area (Å²) in [5.41, 5.74) is 0. The lowest BCUT2D eigenvalue weighted by atomic mass is 9.81. The number of carbonyl (C=O) groups excluding carboxylic acids is 1. The molecule has 24 heavy (non-hydrogen) atoms. The van der Waals surface area contributed by atoms with Crippen molar-refractivity contribution in [3.63, 3.8) is 0 Å². The fourth-order valence-electron chi connectivity index (χ4n) is 3.85. The van der Waals surface area contributed by atoms with Gasteiger partial charge in [-0.15, -0.1) is 0 Å². The van der Waals surface area contributed by atoms with Gasteiger partial charge in [0.15, 0.2) is 0 Å². The Hall–Kier alpha value is -0.530. The third-order valence-electron chi connectivity index (χ3n) is 6.25. The fraction of sp³-hybridized carbons (Fsp3) is 0.955. The van der Waals surface area contributed by atoms with Gasteiger partial charge in [-0.2, -0.15) is 0 Å². The zero-order valence-corrected chi connectivity index (χ0v) is 17.1. The van der Waals surface area contributed by atoms with Crippen molar-refractivity contribution in [2.24, 2.45) is 29.6 Å². The van der Waals surface area contributed by atoms with Crippen molar-refractivity contribution in [3.8, 4) is 0 Å². The van der Waals surface area contributed by atoms with E-state index in [0.29, 0.717) is 11.8 Å². The molecule has 142 valence electrons. The van der Waals surface area contributed by atoms with Crippen LogP contribution in [0.1, 0.15) is 99.3 Å². The van der Waals surface area contributed by atoms with Gasteiger partial charge in [0.1, 0.15) is 0 Å². The molecular formula is C22H42O2. The van der Waals surface area contributed by atoms with E-state index in [9.17, 15) is 4.79 Å². The van der Waals surface area contributed by atoms with Crippen LogP contribution in [-0.2, 0) is 9.53 Å². The molecule has 0 aromatic heterocycles. The SMILES string of the molecule is CC(C)CCC(C)C(C)CCC(C)OC(=O)C(C)C1CCCCC1. The van der Waals surface area contributed by atoms with Crippen molar-refractivity contribution >= 4 is 5.97 Å². The number of carbonyl (C=O) groups is 1. The zero-order valence-electron chi connectivity index (χ0n) is 17.1. The lowest BCUT2D eigenvalue weighted by molar-refractivity contribution is -0.155. The first-order chi connectivity index (χ1) is 11.3. The molecule has 0 radical (unpaired) electrons. The van der Waals surface area contributed by atoms with Crippen LogP contribution in [0.3, 0.4) is 0 Å². The molecule has 0 amide bonds. The Morgan fingerprint density at radius 2 is 1.38 bits per heavy atom. The number of ether oxygens (including phenoxy) is 1. The maximum Gasteiger partial charge on any atom is 0.309 e. The van der Waals surface area contributed by atoms with Crippen LogP contribution in [0.15, 0.2) is 0 Å². The van der Waals surface area contributed by atoms with Gasteiger partial charge >= 0.3 is 5.97 Å². The first-order valence-corrected chi connectivity index (χ1v) is 10.5. The Morgan fingerprint density at radius 1 is 0.833 bits per heavy atom. The van der Waals surface area contributed by atoms with Crippen LogP contribution in [0.2, 0.25) is 0 Å². The van der Waals surface area contributed by atoms with Crippen LogP contribution in [0.5, 0.6) is 0 Å². The smallest absolute Gasteiger partial charge is 0.309 e. The quantitative estimate of drug-likeness (QED) is 0.418. The second kappa shape index (κ2) is 11.2. The first kappa shape index (κ1) is 21.5. The Labute approximate surface area is 151 Å². The van der Waals surface area contributed by atoms with Crippen LogP contribution >= 0.6 is 0 Å². The molecule has 1 fully saturated rings. The highest BCUT2D eigenvalue weighted by molar-refractivity contribution is 5.72. The average molecular weight is 339 g/mol. The topological polar surface area (TPSA) is 26.3 Å². The first-order valence-electron chi connectivity index (χ1n) is 10.5. The molecule has 0 spiro atoms. The average Bonchev–Trinajstić information content (AvgIpc) is 2.57. The summed E-state index contributed by atoms with van der Waals surface area (Å²) < 4.78 is 5.75. The van der Waals surface area contributed by atoms with Crippen LogP contribution in [0.25, 0.3) is 0 Å². The van der Waals surface area contributed by atoms with Crippen molar-refractivity contribution in [1.29, 1.82) is 0 Å². The van der Waals surface area contributed by atoms with Gasteiger partial charge in [0.25, 0.3) is 0 Å². The maximum absolute atomic E-state index is 12.4. The number of hydrogen-bond donors (Lipinski definition) is 0. The predicted octanol–water partition coefficient (Wildman–Crippen LogP) is 6.62. The molecule has 1 saturated carbocycles. The summed E-state index contributed by atoms with van der Waals surface area (Å²) in [6.45, 7) is 13.5. The molecule has 4 unspecified atom stereocenters. The molecule has 0 aromatic carbocycles. The summed E-state index contributed by atoms with van der Waals surface area (Å²) >= 11 is 0. The molecule has 2 heteroatoms. The molecule has 0 heterocycles. The zero-order chi connectivity index (χ0) is 18.1. The lowest BCUT2D eigenvalue weighted by Crippen LogP contribution is -2.28. The van der Waals surface area contributed by atoms with Gasteiger partial charge in [-0.25, -0.2) is 0 Å². The highest BCUT2D eigenvalue weighted by Crippen LogP contribution is 2.31. The monoisotopic (exact) mass is 338 g/mol. The van der Waals surface area contributed by atoms with Crippen LogP contribution < -0.4 is 0 Å². The van der Waals surface area contributed by atoms with Gasteiger partial charge in [-0.3, -0.25) is 4.79 Å². The molecule has 0 aliphatic heterocycles. The van der Waals surface area contributed by atoms with Gasteiger partial charge in [0.05, 0.1) is 12.0 Å². The minimum atomic E-state index is 0.0370. The maximum atomic E-state index is 12.4. The van der Waals surface area contributed by atoms with E-state index in [-0.39, 0.29) is 18.0 Å². The van der Waals surface area contributed by atoms with E-state index in [4.69, 9.17) is 4.74 Å². The summed E-state index contributed by atoms with van der Waals surface area (Å²) in [5.74, 6) is 2.93. The molecule has 0 aromatic rings. The highest BCUT2D eigenvalue weighted by Gasteiger charge is 2.27. The van der Waals surface area contributed by atoms with Crippen molar-refractivity contribution in [1.82, 2.24) is 0 Å². The predicted molar refractivity (Wildman–Crippen MR) is 103 cm³/mol. The Kier molecular flexibility index (Phi) is 10.0. The third kappa shape index (κ3) is 8.03. The Bertz CT molecular complexity index is 344. The Balaban J connectivity index is 2.26. The van der Waals surface area contributed by atoms with E-state index in [1.165, 1.54) is 44.9 Å². The third-order valence-corrected chi connectivity index (χ3v) is 6.25. The summed E-state index contributed by atoms with van der Waals surface area (Å²) in [5, 5.41) is 0. The summed E-state index contributed by atoms with van der Waals surface area (Å²) in [6.07, 6.45) is 11.1. The minimum Gasteiger partial charge on any atom is -0.462 e. The fourth-order valence-corrected chi connectivity index (χ4v) is 3.85. The second-order valence-electron chi connectivity index (χ2n) is 8.94. The van der Waals surface area contributed by atoms with E-state index >= 15 is 0 Å². The van der Waals surface area contributed by atoms with Gasteiger partial charge in [-0.1, -0.05) is 66.7 Å². The van der Waals surface area contributed by atoms with E-state index in [1.807, 2.05) is 0 Å².